The van der Waals surface area contributed by atoms with Crippen LogP contribution in [0.2, 0.25) is 0 Å². The Balaban J connectivity index is 2.69. The maximum absolute atomic E-state index is 11.6. The van der Waals surface area contributed by atoms with E-state index in [4.69, 9.17) is 4.74 Å². The predicted octanol–water partition coefficient (Wildman–Crippen LogP) is 1.35. The van der Waals surface area contributed by atoms with Crippen molar-refractivity contribution < 1.29 is 14.3 Å². The number of ether oxygens (including phenoxy) is 1. The van der Waals surface area contributed by atoms with Crippen LogP contribution < -0.4 is 0 Å². The molecule has 0 aliphatic heterocycles. The van der Waals surface area contributed by atoms with E-state index in [1.807, 2.05) is 0 Å². The molecule has 13 heavy (non-hydrogen) atoms. The van der Waals surface area contributed by atoms with Crippen LogP contribution in [0.15, 0.2) is 0 Å². The van der Waals surface area contributed by atoms with Gasteiger partial charge in [0.2, 0.25) is 0 Å². The van der Waals surface area contributed by atoms with E-state index in [-0.39, 0.29) is 11.6 Å². The van der Waals surface area contributed by atoms with E-state index in [0.29, 0.717) is 25.9 Å². The molecule has 0 aromatic rings. The van der Waals surface area contributed by atoms with Crippen molar-refractivity contribution in [3.63, 3.8) is 0 Å². The van der Waals surface area contributed by atoms with Crippen molar-refractivity contribution in [2.45, 2.75) is 32.6 Å². The molecule has 1 aliphatic rings. The van der Waals surface area contributed by atoms with Crippen molar-refractivity contribution in [1.29, 1.82) is 0 Å². The SMILES string of the molecule is COCCC1(C)C(=O)CCCC1=O. The van der Waals surface area contributed by atoms with Crippen molar-refractivity contribution in [2.24, 2.45) is 5.41 Å². The second kappa shape index (κ2) is 4.01. The van der Waals surface area contributed by atoms with Crippen molar-refractivity contribution in [2.75, 3.05) is 13.7 Å². The lowest BCUT2D eigenvalue weighted by Crippen LogP contribution is -2.40. The molecule has 0 heterocycles. The summed E-state index contributed by atoms with van der Waals surface area (Å²) in [4.78, 5) is 23.1. The average Bonchev–Trinajstić information content (AvgIpc) is 2.11. The molecule has 1 fully saturated rings. The van der Waals surface area contributed by atoms with E-state index in [9.17, 15) is 9.59 Å². The van der Waals surface area contributed by atoms with Crippen LogP contribution in [-0.2, 0) is 14.3 Å². The zero-order valence-corrected chi connectivity index (χ0v) is 8.26. The molecule has 74 valence electrons. The van der Waals surface area contributed by atoms with Gasteiger partial charge in [-0.1, -0.05) is 0 Å². The Hall–Kier alpha value is -0.700. The van der Waals surface area contributed by atoms with Gasteiger partial charge in [0.1, 0.15) is 11.6 Å². The largest absolute Gasteiger partial charge is 0.385 e. The van der Waals surface area contributed by atoms with Crippen molar-refractivity contribution >= 4 is 11.6 Å². The molecular formula is C10H16O3. The Morgan fingerprint density at radius 2 is 1.85 bits per heavy atom. The van der Waals surface area contributed by atoms with Crippen LogP contribution in [0, 0.1) is 5.41 Å². The summed E-state index contributed by atoms with van der Waals surface area (Å²) in [6.07, 6.45) is 2.35. The van der Waals surface area contributed by atoms with Gasteiger partial charge in [0.25, 0.3) is 0 Å². The van der Waals surface area contributed by atoms with Gasteiger partial charge in [0, 0.05) is 26.6 Å². The van der Waals surface area contributed by atoms with E-state index in [0.717, 1.165) is 6.42 Å². The molecule has 0 unspecified atom stereocenters. The van der Waals surface area contributed by atoms with E-state index in [2.05, 4.69) is 0 Å². The van der Waals surface area contributed by atoms with E-state index in [1.165, 1.54) is 0 Å². The molecular weight excluding hydrogens is 168 g/mol. The van der Waals surface area contributed by atoms with Gasteiger partial charge in [-0.3, -0.25) is 9.59 Å². The number of carbonyl (C=O) groups excluding carboxylic acids is 2. The molecule has 0 spiro atoms. The number of hydrogen-bond acceptors (Lipinski definition) is 3. The molecule has 0 aromatic heterocycles. The van der Waals surface area contributed by atoms with Gasteiger partial charge in [-0.05, 0) is 19.8 Å². The molecule has 1 rings (SSSR count). The third-order valence-corrected chi connectivity index (χ3v) is 2.84. The first kappa shape index (κ1) is 10.4. The van der Waals surface area contributed by atoms with Crippen LogP contribution in [0.5, 0.6) is 0 Å². The van der Waals surface area contributed by atoms with E-state index < -0.39 is 5.41 Å². The van der Waals surface area contributed by atoms with Gasteiger partial charge in [0.05, 0.1) is 5.41 Å². The third-order valence-electron chi connectivity index (χ3n) is 2.84. The number of carbonyl (C=O) groups is 2. The van der Waals surface area contributed by atoms with Gasteiger partial charge in [0.15, 0.2) is 0 Å². The standard InChI is InChI=1S/C10H16O3/c1-10(6-7-13-2)8(11)4-3-5-9(10)12/h3-7H2,1-2H3. The molecule has 3 heteroatoms. The number of rotatable bonds is 3. The average molecular weight is 184 g/mol. The lowest BCUT2D eigenvalue weighted by Gasteiger charge is -2.29. The summed E-state index contributed by atoms with van der Waals surface area (Å²) in [5.74, 6) is 0.168. The van der Waals surface area contributed by atoms with Crippen LogP contribution in [0.25, 0.3) is 0 Å². The van der Waals surface area contributed by atoms with Crippen LogP contribution >= 0.6 is 0 Å². The number of ketones is 2. The van der Waals surface area contributed by atoms with Crippen molar-refractivity contribution in [3.8, 4) is 0 Å². The molecule has 0 atom stereocenters. The third kappa shape index (κ3) is 1.97. The zero-order valence-electron chi connectivity index (χ0n) is 8.26. The minimum Gasteiger partial charge on any atom is -0.385 e. The molecule has 0 radical (unpaired) electrons. The smallest absolute Gasteiger partial charge is 0.146 e. The predicted molar refractivity (Wildman–Crippen MR) is 48.5 cm³/mol. The van der Waals surface area contributed by atoms with E-state index >= 15 is 0 Å². The van der Waals surface area contributed by atoms with E-state index in [1.54, 1.807) is 14.0 Å². The lowest BCUT2D eigenvalue weighted by molar-refractivity contribution is -0.144. The topological polar surface area (TPSA) is 43.4 Å². The summed E-state index contributed by atoms with van der Waals surface area (Å²) in [5.41, 5.74) is -0.756. The summed E-state index contributed by atoms with van der Waals surface area (Å²) in [6, 6.07) is 0. The highest BCUT2D eigenvalue weighted by molar-refractivity contribution is 6.08. The first-order valence-electron chi connectivity index (χ1n) is 4.67. The molecule has 0 saturated heterocycles. The summed E-state index contributed by atoms with van der Waals surface area (Å²) in [5, 5.41) is 0. The highest BCUT2D eigenvalue weighted by Gasteiger charge is 2.41. The quantitative estimate of drug-likeness (QED) is 0.622. The number of Topliss-reactive ketones (excluding diaryl/α,β-unsaturated/α-hetero) is 2. The fourth-order valence-electron chi connectivity index (χ4n) is 1.70. The molecule has 1 aliphatic carbocycles. The Bertz CT molecular complexity index is 204. The molecule has 3 nitrogen and oxygen atoms in total. The summed E-state index contributed by atoms with van der Waals surface area (Å²) < 4.78 is 4.90. The Morgan fingerprint density at radius 3 is 2.31 bits per heavy atom. The monoisotopic (exact) mass is 184 g/mol. The van der Waals surface area contributed by atoms with Crippen LogP contribution in [0.3, 0.4) is 0 Å². The second-order valence-corrected chi connectivity index (χ2v) is 3.77. The lowest BCUT2D eigenvalue weighted by atomic mass is 9.71. The first-order valence-corrected chi connectivity index (χ1v) is 4.67. The maximum atomic E-state index is 11.6. The minimum atomic E-state index is -0.756. The fraction of sp³-hybridized carbons (Fsp3) is 0.800. The van der Waals surface area contributed by atoms with Crippen LogP contribution in [0.1, 0.15) is 32.6 Å². The minimum absolute atomic E-state index is 0.0841. The number of methoxy groups -OCH3 is 1. The summed E-state index contributed by atoms with van der Waals surface area (Å²) in [6.45, 7) is 2.23. The normalized spacial score (nSPS) is 22.0. The highest BCUT2D eigenvalue weighted by atomic mass is 16.5. The molecule has 0 bridgehead atoms. The van der Waals surface area contributed by atoms with Gasteiger partial charge in [-0.2, -0.15) is 0 Å². The molecule has 0 amide bonds. The van der Waals surface area contributed by atoms with Gasteiger partial charge >= 0.3 is 0 Å². The van der Waals surface area contributed by atoms with Gasteiger partial charge in [-0.15, -0.1) is 0 Å². The van der Waals surface area contributed by atoms with Crippen LogP contribution in [0.4, 0.5) is 0 Å². The van der Waals surface area contributed by atoms with Gasteiger partial charge < -0.3 is 4.74 Å². The summed E-state index contributed by atoms with van der Waals surface area (Å²) in [7, 11) is 1.58. The molecule has 0 aromatic carbocycles. The molecule has 1 saturated carbocycles. The van der Waals surface area contributed by atoms with Crippen molar-refractivity contribution in [1.82, 2.24) is 0 Å². The first-order chi connectivity index (χ1) is 6.11. The Morgan fingerprint density at radius 1 is 1.31 bits per heavy atom. The zero-order chi connectivity index (χ0) is 9.90. The number of hydrogen-bond donors (Lipinski definition) is 0. The second-order valence-electron chi connectivity index (χ2n) is 3.77. The summed E-state index contributed by atoms with van der Waals surface area (Å²) >= 11 is 0. The maximum Gasteiger partial charge on any atom is 0.146 e. The van der Waals surface area contributed by atoms with Crippen molar-refractivity contribution in [3.05, 3.63) is 0 Å². The van der Waals surface area contributed by atoms with Gasteiger partial charge in [-0.25, -0.2) is 0 Å². The fourth-order valence-corrected chi connectivity index (χ4v) is 1.70. The Labute approximate surface area is 78.5 Å². The highest BCUT2D eigenvalue weighted by Crippen LogP contribution is 2.32. The van der Waals surface area contributed by atoms with Crippen LogP contribution in [-0.4, -0.2) is 25.3 Å². The molecule has 0 N–H and O–H groups in total. The Kier molecular flexibility index (Phi) is 3.20.